The standard InChI is InChI=1S/C27H39N5O4/c1-5-7-9-11-17-30-26(33)23(19(3)28-30)25(21-13-15-22(16-14-21)32(35)36)24-20(4)29-31(27(24)34)18-12-10-8-6-2/h13-16,23-25H,5-12,17-18H2,1-4H3. The molecule has 0 saturated heterocycles. The largest absolute Gasteiger partial charge is 0.272 e. The van der Waals surface area contributed by atoms with E-state index in [0.717, 1.165) is 51.4 Å². The Balaban J connectivity index is 1.89. The lowest BCUT2D eigenvalue weighted by molar-refractivity contribution is -0.384. The van der Waals surface area contributed by atoms with Crippen LogP contribution >= 0.6 is 0 Å². The van der Waals surface area contributed by atoms with Gasteiger partial charge in [-0.2, -0.15) is 10.2 Å². The summed E-state index contributed by atoms with van der Waals surface area (Å²) in [6.07, 6.45) is 8.26. The molecular weight excluding hydrogens is 458 g/mol. The molecule has 0 radical (unpaired) electrons. The van der Waals surface area contributed by atoms with Gasteiger partial charge in [-0.3, -0.25) is 19.7 Å². The smallest absolute Gasteiger partial charge is 0.269 e. The van der Waals surface area contributed by atoms with Gasteiger partial charge < -0.3 is 0 Å². The molecule has 0 fully saturated rings. The van der Waals surface area contributed by atoms with Crippen LogP contribution in [0.25, 0.3) is 0 Å². The second-order valence-electron chi connectivity index (χ2n) is 9.86. The van der Waals surface area contributed by atoms with Crippen molar-refractivity contribution in [2.24, 2.45) is 22.0 Å². The molecule has 36 heavy (non-hydrogen) atoms. The zero-order chi connectivity index (χ0) is 26.2. The minimum absolute atomic E-state index is 0.0288. The van der Waals surface area contributed by atoms with E-state index in [1.165, 1.54) is 12.1 Å². The molecule has 1 aromatic rings. The number of nitro benzene ring substituents is 1. The Labute approximate surface area is 213 Å². The molecule has 2 aliphatic heterocycles. The number of benzene rings is 1. The lowest BCUT2D eigenvalue weighted by atomic mass is 9.73. The highest BCUT2D eigenvalue weighted by molar-refractivity contribution is 6.12. The van der Waals surface area contributed by atoms with Crippen molar-refractivity contribution in [3.63, 3.8) is 0 Å². The first-order valence-corrected chi connectivity index (χ1v) is 13.3. The zero-order valence-electron chi connectivity index (χ0n) is 22.0. The van der Waals surface area contributed by atoms with Crippen LogP contribution in [0.5, 0.6) is 0 Å². The summed E-state index contributed by atoms with van der Waals surface area (Å²) >= 11 is 0. The third-order valence-corrected chi connectivity index (χ3v) is 7.15. The van der Waals surface area contributed by atoms with Gasteiger partial charge in [-0.15, -0.1) is 0 Å². The summed E-state index contributed by atoms with van der Waals surface area (Å²) in [4.78, 5) is 38.0. The number of hydrogen-bond donors (Lipinski definition) is 0. The number of unbranched alkanes of at least 4 members (excludes halogenated alkanes) is 6. The number of nitro groups is 1. The topological polar surface area (TPSA) is 108 Å². The van der Waals surface area contributed by atoms with Gasteiger partial charge in [-0.25, -0.2) is 10.0 Å². The lowest BCUT2D eigenvalue weighted by Gasteiger charge is -2.28. The highest BCUT2D eigenvalue weighted by atomic mass is 16.6. The van der Waals surface area contributed by atoms with Crippen LogP contribution in [0.4, 0.5) is 5.69 Å². The molecule has 196 valence electrons. The molecule has 0 saturated carbocycles. The fourth-order valence-corrected chi connectivity index (χ4v) is 5.20. The molecule has 9 heteroatoms. The Morgan fingerprint density at radius 1 is 0.806 bits per heavy atom. The van der Waals surface area contributed by atoms with E-state index in [9.17, 15) is 19.7 Å². The lowest BCUT2D eigenvalue weighted by Crippen LogP contribution is -2.40. The van der Waals surface area contributed by atoms with E-state index < -0.39 is 22.7 Å². The molecule has 1 aromatic carbocycles. The predicted molar refractivity (Wildman–Crippen MR) is 141 cm³/mol. The van der Waals surface area contributed by atoms with E-state index in [1.54, 1.807) is 22.2 Å². The van der Waals surface area contributed by atoms with Crippen molar-refractivity contribution in [2.75, 3.05) is 13.1 Å². The molecule has 9 nitrogen and oxygen atoms in total. The number of amides is 2. The number of non-ortho nitro benzene ring substituents is 1. The minimum Gasteiger partial charge on any atom is -0.272 e. The van der Waals surface area contributed by atoms with E-state index in [-0.39, 0.29) is 17.5 Å². The molecule has 3 rings (SSSR count). The first kappa shape index (κ1) is 27.5. The Bertz CT molecular complexity index is 952. The van der Waals surface area contributed by atoms with Gasteiger partial charge >= 0.3 is 0 Å². The molecule has 0 aliphatic carbocycles. The van der Waals surface area contributed by atoms with E-state index in [2.05, 4.69) is 24.1 Å². The van der Waals surface area contributed by atoms with Gasteiger partial charge in [-0.05, 0) is 32.3 Å². The maximum absolute atomic E-state index is 13.6. The Hall–Kier alpha value is -3.10. The highest BCUT2D eigenvalue weighted by Crippen LogP contribution is 2.41. The predicted octanol–water partition coefficient (Wildman–Crippen LogP) is 5.51. The summed E-state index contributed by atoms with van der Waals surface area (Å²) in [6, 6.07) is 6.20. The number of hydrazone groups is 2. The van der Waals surface area contributed by atoms with E-state index >= 15 is 0 Å². The van der Waals surface area contributed by atoms with Crippen LogP contribution in [-0.4, -0.2) is 51.3 Å². The quantitative estimate of drug-likeness (QED) is 0.192. The average molecular weight is 498 g/mol. The fourth-order valence-electron chi connectivity index (χ4n) is 5.20. The van der Waals surface area contributed by atoms with Crippen molar-refractivity contribution in [3.8, 4) is 0 Å². The van der Waals surface area contributed by atoms with Crippen molar-refractivity contribution in [2.45, 2.75) is 85.0 Å². The second-order valence-corrected chi connectivity index (χ2v) is 9.86. The molecule has 2 heterocycles. The number of hydrogen-bond acceptors (Lipinski definition) is 6. The van der Waals surface area contributed by atoms with Gasteiger partial charge in [0.15, 0.2) is 0 Å². The third kappa shape index (κ3) is 6.17. The summed E-state index contributed by atoms with van der Waals surface area (Å²) in [5.74, 6) is -1.99. The summed E-state index contributed by atoms with van der Waals surface area (Å²) in [5.41, 5.74) is 2.02. The summed E-state index contributed by atoms with van der Waals surface area (Å²) < 4.78 is 0. The number of carbonyl (C=O) groups is 2. The molecule has 0 aromatic heterocycles. The van der Waals surface area contributed by atoms with Crippen LogP contribution < -0.4 is 0 Å². The van der Waals surface area contributed by atoms with Crippen LogP contribution in [0, 0.1) is 22.0 Å². The van der Waals surface area contributed by atoms with Crippen molar-refractivity contribution >= 4 is 28.9 Å². The summed E-state index contributed by atoms with van der Waals surface area (Å²) in [5, 5.41) is 23.5. The monoisotopic (exact) mass is 497 g/mol. The van der Waals surface area contributed by atoms with Gasteiger partial charge in [-0.1, -0.05) is 64.5 Å². The van der Waals surface area contributed by atoms with Crippen molar-refractivity contribution in [1.29, 1.82) is 0 Å². The van der Waals surface area contributed by atoms with Crippen LogP contribution in [0.1, 0.15) is 90.5 Å². The van der Waals surface area contributed by atoms with Crippen LogP contribution in [0.2, 0.25) is 0 Å². The SMILES string of the molecule is CCCCCCN1N=C(C)C(C(c2ccc([N+](=O)[O-])cc2)C2C(=O)N(CCCCCC)N=C2C)C1=O. The van der Waals surface area contributed by atoms with Gasteiger partial charge in [0, 0.05) is 42.6 Å². The first-order valence-electron chi connectivity index (χ1n) is 13.3. The van der Waals surface area contributed by atoms with Gasteiger partial charge in [0.2, 0.25) is 0 Å². The Kier molecular flexibility index (Phi) is 9.73. The maximum Gasteiger partial charge on any atom is 0.269 e. The van der Waals surface area contributed by atoms with Gasteiger partial charge in [0.25, 0.3) is 17.5 Å². The minimum atomic E-state index is -0.614. The molecular formula is C27H39N5O4. The summed E-state index contributed by atoms with van der Waals surface area (Å²) in [7, 11) is 0. The highest BCUT2D eigenvalue weighted by Gasteiger charge is 2.49. The van der Waals surface area contributed by atoms with Crippen LogP contribution in [-0.2, 0) is 9.59 Å². The Morgan fingerprint density at radius 3 is 1.64 bits per heavy atom. The van der Waals surface area contributed by atoms with E-state index in [0.29, 0.717) is 30.1 Å². The van der Waals surface area contributed by atoms with Gasteiger partial charge in [0.05, 0.1) is 16.8 Å². The third-order valence-electron chi connectivity index (χ3n) is 7.15. The first-order chi connectivity index (χ1) is 17.3. The molecule has 0 spiro atoms. The van der Waals surface area contributed by atoms with Crippen molar-refractivity contribution in [3.05, 3.63) is 39.9 Å². The second kappa shape index (κ2) is 12.7. The molecule has 0 bridgehead atoms. The van der Waals surface area contributed by atoms with Crippen LogP contribution in [0.3, 0.4) is 0 Å². The van der Waals surface area contributed by atoms with Gasteiger partial charge in [0.1, 0.15) is 0 Å². The van der Waals surface area contributed by atoms with Crippen molar-refractivity contribution in [1.82, 2.24) is 10.0 Å². The number of rotatable bonds is 14. The molecule has 2 aliphatic rings. The molecule has 2 atom stereocenters. The molecule has 0 N–H and O–H groups in total. The summed E-state index contributed by atoms with van der Waals surface area (Å²) in [6.45, 7) is 9.06. The van der Waals surface area contributed by atoms with E-state index in [1.807, 2.05) is 13.8 Å². The molecule has 2 amide bonds. The number of nitrogens with zero attached hydrogens (tertiary/aromatic N) is 5. The maximum atomic E-state index is 13.6. The van der Waals surface area contributed by atoms with E-state index in [4.69, 9.17) is 0 Å². The fraction of sp³-hybridized carbons (Fsp3) is 0.630. The zero-order valence-corrected chi connectivity index (χ0v) is 22.0. The molecule has 2 unspecified atom stereocenters. The average Bonchev–Trinajstić information content (AvgIpc) is 3.29. The van der Waals surface area contributed by atoms with Crippen molar-refractivity contribution < 1.29 is 14.5 Å². The Morgan fingerprint density at radius 2 is 1.25 bits per heavy atom. The normalized spacial score (nSPS) is 20.7. The number of carbonyl (C=O) groups excluding carboxylic acids is 2. The van der Waals surface area contributed by atoms with Crippen LogP contribution in [0.15, 0.2) is 34.5 Å².